The number of fused-ring (bicyclic) bond motifs is 1. The molecule has 0 aliphatic carbocycles. The molecule has 1 aromatic carbocycles. The molecule has 2 aromatic heterocycles. The Kier molecular flexibility index (Phi) is 4.86. The lowest BCUT2D eigenvalue weighted by Crippen LogP contribution is -2.45. The second kappa shape index (κ2) is 7.35. The van der Waals surface area contributed by atoms with Crippen LogP contribution in [0.2, 0.25) is 0 Å². The van der Waals surface area contributed by atoms with E-state index in [1.165, 1.54) is 19.1 Å². The van der Waals surface area contributed by atoms with Crippen molar-refractivity contribution in [2.24, 2.45) is 0 Å². The molecule has 1 aliphatic rings. The van der Waals surface area contributed by atoms with Crippen LogP contribution in [0.4, 0.5) is 13.2 Å². The predicted molar refractivity (Wildman–Crippen MR) is 100 cm³/mol. The van der Waals surface area contributed by atoms with Crippen molar-refractivity contribution in [2.75, 3.05) is 0 Å². The van der Waals surface area contributed by atoms with Crippen LogP contribution in [0.3, 0.4) is 0 Å². The summed E-state index contributed by atoms with van der Waals surface area (Å²) in [7, 11) is 0. The Morgan fingerprint density at radius 3 is 2.69 bits per heavy atom. The second-order valence-corrected chi connectivity index (χ2v) is 7.30. The minimum absolute atomic E-state index is 0.0271. The molecule has 1 unspecified atom stereocenters. The number of aryl methyl sites for hydroxylation is 1. The number of carbonyl (C=O) groups excluding carboxylic acids is 1. The van der Waals surface area contributed by atoms with E-state index in [4.69, 9.17) is 0 Å². The zero-order valence-corrected chi connectivity index (χ0v) is 16.0. The first-order valence-electron chi connectivity index (χ1n) is 9.24. The van der Waals surface area contributed by atoms with Crippen LogP contribution in [0.5, 0.6) is 0 Å². The maximum Gasteiger partial charge on any atom is 0.227 e. The molecule has 0 radical (unpaired) electrons. The maximum absolute atomic E-state index is 13.7. The van der Waals surface area contributed by atoms with Crippen LogP contribution < -0.4 is 0 Å². The van der Waals surface area contributed by atoms with Crippen molar-refractivity contribution in [1.82, 2.24) is 19.7 Å². The fourth-order valence-corrected chi connectivity index (χ4v) is 3.66. The van der Waals surface area contributed by atoms with Gasteiger partial charge in [-0.3, -0.25) is 14.5 Å². The molecule has 0 N–H and O–H groups in total. The molecule has 150 valence electrons. The van der Waals surface area contributed by atoms with Gasteiger partial charge >= 0.3 is 0 Å². The summed E-state index contributed by atoms with van der Waals surface area (Å²) in [6, 6.07) is 5.33. The van der Waals surface area contributed by atoms with Crippen molar-refractivity contribution in [3.8, 4) is 11.3 Å². The molecule has 8 heteroatoms. The Bertz CT molecular complexity index is 1060. The number of halogens is 3. The van der Waals surface area contributed by atoms with Gasteiger partial charge in [0, 0.05) is 11.6 Å². The van der Waals surface area contributed by atoms with Crippen LogP contribution >= 0.6 is 0 Å². The Morgan fingerprint density at radius 1 is 1.21 bits per heavy atom. The molecule has 0 bridgehead atoms. The summed E-state index contributed by atoms with van der Waals surface area (Å²) < 4.78 is 42.2. The van der Waals surface area contributed by atoms with E-state index in [2.05, 4.69) is 10.1 Å². The number of rotatable bonds is 3. The van der Waals surface area contributed by atoms with Gasteiger partial charge in [0.15, 0.2) is 11.6 Å². The van der Waals surface area contributed by atoms with Gasteiger partial charge < -0.3 is 4.90 Å². The molecule has 0 saturated heterocycles. The normalized spacial score (nSPS) is 16.0. The van der Waals surface area contributed by atoms with Crippen LogP contribution in [0.15, 0.2) is 36.7 Å². The summed E-state index contributed by atoms with van der Waals surface area (Å²) in [6.45, 7) is 4.18. The lowest BCUT2D eigenvalue weighted by molar-refractivity contribution is -0.134. The summed E-state index contributed by atoms with van der Waals surface area (Å²) in [5.41, 5.74) is 2.71. The van der Waals surface area contributed by atoms with Crippen LogP contribution in [-0.2, 0) is 24.3 Å². The zero-order chi connectivity index (χ0) is 20.7. The Hall–Kier alpha value is -3.16. The van der Waals surface area contributed by atoms with E-state index in [1.54, 1.807) is 17.2 Å². The Labute approximate surface area is 165 Å². The standard InChI is InChI=1S/C21H19F3N4O/c1-12-5-14(6-17(23)21(12)24)7-20(29)27-11-19-16(9-26-28(19)10-13(27)2)18-4-3-15(22)8-25-18/h3-6,8-9,13H,7,10-11H2,1-2H3. The van der Waals surface area contributed by atoms with Crippen molar-refractivity contribution < 1.29 is 18.0 Å². The summed E-state index contributed by atoms with van der Waals surface area (Å²) in [5, 5.41) is 4.37. The molecule has 1 amide bonds. The lowest BCUT2D eigenvalue weighted by atomic mass is 10.0. The topological polar surface area (TPSA) is 51.0 Å². The highest BCUT2D eigenvalue weighted by atomic mass is 19.2. The quantitative estimate of drug-likeness (QED) is 0.675. The molecule has 0 spiro atoms. The van der Waals surface area contributed by atoms with Gasteiger partial charge in [0.25, 0.3) is 0 Å². The van der Waals surface area contributed by atoms with Crippen molar-refractivity contribution >= 4 is 5.91 Å². The Balaban J connectivity index is 1.59. The number of pyridine rings is 1. The maximum atomic E-state index is 13.7. The van der Waals surface area contributed by atoms with Crippen LogP contribution in [0.25, 0.3) is 11.3 Å². The van der Waals surface area contributed by atoms with Gasteiger partial charge in [-0.1, -0.05) is 6.07 Å². The highest BCUT2D eigenvalue weighted by Crippen LogP contribution is 2.28. The first kappa shape index (κ1) is 19.2. The largest absolute Gasteiger partial charge is 0.332 e. The lowest BCUT2D eigenvalue weighted by Gasteiger charge is -2.34. The van der Waals surface area contributed by atoms with Crippen molar-refractivity contribution in [1.29, 1.82) is 0 Å². The number of benzene rings is 1. The summed E-state index contributed by atoms with van der Waals surface area (Å²) in [6.07, 6.45) is 2.77. The van der Waals surface area contributed by atoms with Crippen LogP contribution in [0.1, 0.15) is 23.7 Å². The molecule has 29 heavy (non-hydrogen) atoms. The van der Waals surface area contributed by atoms with Crippen molar-refractivity contribution in [3.05, 3.63) is 70.9 Å². The van der Waals surface area contributed by atoms with Crippen molar-refractivity contribution in [2.45, 2.75) is 39.4 Å². The second-order valence-electron chi connectivity index (χ2n) is 7.30. The van der Waals surface area contributed by atoms with Gasteiger partial charge in [0.05, 0.1) is 43.3 Å². The molecule has 1 aliphatic heterocycles. The number of nitrogens with zero attached hydrogens (tertiary/aromatic N) is 4. The van der Waals surface area contributed by atoms with Gasteiger partial charge in [-0.05, 0) is 43.2 Å². The smallest absolute Gasteiger partial charge is 0.227 e. The molecule has 0 saturated carbocycles. The predicted octanol–water partition coefficient (Wildman–Crippen LogP) is 3.64. The van der Waals surface area contributed by atoms with Crippen molar-refractivity contribution in [3.63, 3.8) is 0 Å². The van der Waals surface area contributed by atoms with Gasteiger partial charge in [0.2, 0.25) is 5.91 Å². The summed E-state index contributed by atoms with van der Waals surface area (Å²) >= 11 is 0. The van der Waals surface area contributed by atoms with E-state index in [0.717, 1.165) is 23.5 Å². The van der Waals surface area contributed by atoms with E-state index in [9.17, 15) is 18.0 Å². The highest BCUT2D eigenvalue weighted by Gasteiger charge is 2.30. The first-order chi connectivity index (χ1) is 13.8. The highest BCUT2D eigenvalue weighted by molar-refractivity contribution is 5.79. The van der Waals surface area contributed by atoms with Gasteiger partial charge in [-0.25, -0.2) is 13.2 Å². The van der Waals surface area contributed by atoms with Crippen LogP contribution in [0, 0.1) is 24.4 Å². The third kappa shape index (κ3) is 3.62. The molecular formula is C21H19F3N4O. The SMILES string of the molecule is Cc1cc(CC(=O)N2Cc3c(-c4ccc(F)cn4)cnn3CC2C)cc(F)c1F. The van der Waals surface area contributed by atoms with Crippen LogP contribution in [-0.4, -0.2) is 31.6 Å². The average molecular weight is 400 g/mol. The first-order valence-corrected chi connectivity index (χ1v) is 9.24. The van der Waals surface area contributed by atoms with E-state index in [1.807, 2.05) is 11.6 Å². The minimum Gasteiger partial charge on any atom is -0.332 e. The van der Waals surface area contributed by atoms with Gasteiger partial charge in [0.1, 0.15) is 5.82 Å². The van der Waals surface area contributed by atoms with E-state index < -0.39 is 17.5 Å². The number of aromatic nitrogens is 3. The van der Waals surface area contributed by atoms with E-state index in [0.29, 0.717) is 24.3 Å². The van der Waals surface area contributed by atoms with Gasteiger partial charge in [-0.2, -0.15) is 5.10 Å². The summed E-state index contributed by atoms with van der Waals surface area (Å²) in [4.78, 5) is 18.7. The number of carbonyl (C=O) groups is 1. The zero-order valence-electron chi connectivity index (χ0n) is 16.0. The fourth-order valence-electron chi connectivity index (χ4n) is 3.66. The third-order valence-electron chi connectivity index (χ3n) is 5.19. The van der Waals surface area contributed by atoms with E-state index in [-0.39, 0.29) is 23.9 Å². The van der Waals surface area contributed by atoms with E-state index >= 15 is 0 Å². The fraction of sp³-hybridized carbons (Fsp3) is 0.286. The third-order valence-corrected chi connectivity index (χ3v) is 5.19. The molecule has 1 atom stereocenters. The molecule has 3 heterocycles. The molecule has 5 nitrogen and oxygen atoms in total. The average Bonchev–Trinajstić information content (AvgIpc) is 3.08. The number of hydrogen-bond donors (Lipinski definition) is 0. The summed E-state index contributed by atoms with van der Waals surface area (Å²) in [5.74, 6) is -2.47. The molecule has 4 rings (SSSR count). The number of amides is 1. The van der Waals surface area contributed by atoms with Gasteiger partial charge in [-0.15, -0.1) is 0 Å². The molecule has 0 fully saturated rings. The molecule has 3 aromatic rings. The molecular weight excluding hydrogens is 381 g/mol. The number of hydrogen-bond acceptors (Lipinski definition) is 3. The minimum atomic E-state index is -0.956. The Morgan fingerprint density at radius 2 is 2.00 bits per heavy atom. The monoisotopic (exact) mass is 400 g/mol.